The van der Waals surface area contributed by atoms with Gasteiger partial charge in [0.15, 0.2) is 0 Å². The van der Waals surface area contributed by atoms with Gasteiger partial charge in [0.1, 0.15) is 0 Å². The summed E-state index contributed by atoms with van der Waals surface area (Å²) in [4.78, 5) is 0. The van der Waals surface area contributed by atoms with Crippen molar-refractivity contribution < 1.29 is 71.5 Å². The van der Waals surface area contributed by atoms with Gasteiger partial charge in [-0.3, -0.25) is 0 Å². The summed E-state index contributed by atoms with van der Waals surface area (Å²) in [6.45, 7) is 18.2. The molecule has 0 heterocycles. The summed E-state index contributed by atoms with van der Waals surface area (Å²) in [6, 6.07) is 62.2. The summed E-state index contributed by atoms with van der Waals surface area (Å²) in [6.07, 6.45) is 16.3. The van der Waals surface area contributed by atoms with Crippen LogP contribution in [0.25, 0.3) is 0 Å². The van der Waals surface area contributed by atoms with E-state index in [1.807, 2.05) is 0 Å². The van der Waals surface area contributed by atoms with Crippen LogP contribution in [-0.4, -0.2) is 10.9 Å². The Morgan fingerprint density at radius 3 is 0.703 bits per heavy atom. The predicted molar refractivity (Wildman–Crippen MR) is 308 cm³/mol. The molecule has 74 heavy (non-hydrogen) atoms. The summed E-state index contributed by atoms with van der Waals surface area (Å²) >= 11 is 3.29. The van der Waals surface area contributed by atoms with Gasteiger partial charge in [0.2, 0.25) is 0 Å². The van der Waals surface area contributed by atoms with Gasteiger partial charge in [-0.25, -0.2) is 24.3 Å². The summed E-state index contributed by atoms with van der Waals surface area (Å²) < 4.78 is 0. The first-order chi connectivity index (χ1) is 34.8. The van der Waals surface area contributed by atoms with Gasteiger partial charge in [0, 0.05) is 0 Å². The van der Waals surface area contributed by atoms with Crippen molar-refractivity contribution in [2.45, 2.75) is 156 Å². The molecule has 0 saturated heterocycles. The summed E-state index contributed by atoms with van der Waals surface area (Å²) in [5.74, 6) is 3.25. The summed E-state index contributed by atoms with van der Waals surface area (Å²) in [7, 11) is 0. The molecule has 12 rings (SSSR count). The molecule has 0 amide bonds. The van der Waals surface area contributed by atoms with Gasteiger partial charge < -0.3 is 24.8 Å². The van der Waals surface area contributed by atoms with Gasteiger partial charge in [-0.1, -0.05) is 156 Å². The molecule has 0 nitrogen and oxygen atoms in total. The molecule has 0 fully saturated rings. The van der Waals surface area contributed by atoms with Crippen LogP contribution >= 0.6 is 0 Å². The van der Waals surface area contributed by atoms with E-state index in [4.69, 9.17) is 0 Å². The molecule has 0 N–H and O–H groups in total. The van der Waals surface area contributed by atoms with E-state index in [0.717, 1.165) is 23.7 Å². The molecule has 4 unspecified atom stereocenters. The number of halogens is 2. The Balaban J connectivity index is 0.000000164. The van der Waals surface area contributed by atoms with Crippen LogP contribution in [0.4, 0.5) is 0 Å². The molecule has 4 aliphatic rings. The Labute approximate surface area is 491 Å². The fraction of sp³-hybridized carbons (Fsp3) is 0.353. The number of fused-ring (bicyclic) bond motifs is 4. The van der Waals surface area contributed by atoms with Crippen molar-refractivity contribution in [3.05, 3.63) is 237 Å². The number of rotatable bonds is 4. The molecule has 0 spiro atoms. The average Bonchev–Trinajstić information content (AvgIpc) is 4.20. The fourth-order valence-corrected chi connectivity index (χ4v) is 19.1. The fourth-order valence-electron chi connectivity index (χ4n) is 11.4. The van der Waals surface area contributed by atoms with E-state index in [-0.39, 0.29) is 24.8 Å². The maximum atomic E-state index is 2.36. The van der Waals surface area contributed by atoms with E-state index in [1.54, 1.807) is 91.2 Å². The predicted octanol–water partition coefficient (Wildman–Crippen LogP) is 9.30. The van der Waals surface area contributed by atoms with Gasteiger partial charge in [-0.15, -0.1) is 0 Å². The minimum absolute atomic E-state index is 0. The van der Waals surface area contributed by atoms with Crippen LogP contribution in [0.2, 0.25) is 0 Å². The Bertz CT molecular complexity index is 2510. The van der Waals surface area contributed by atoms with E-state index in [1.165, 1.54) is 120 Å². The number of benzene rings is 4. The van der Waals surface area contributed by atoms with Crippen LogP contribution in [-0.2, 0) is 72.4 Å². The molecule has 0 aliphatic heterocycles. The Kier molecular flexibility index (Phi) is 26.3. The van der Waals surface area contributed by atoms with E-state index in [2.05, 4.69) is 225 Å². The minimum atomic E-state index is -0.455. The van der Waals surface area contributed by atoms with Gasteiger partial charge in [0.05, 0.1) is 0 Å². The molecule has 0 saturated carbocycles. The van der Waals surface area contributed by atoms with Crippen LogP contribution in [0, 0.1) is 27.7 Å². The van der Waals surface area contributed by atoms with Crippen molar-refractivity contribution in [2.75, 3.05) is 0 Å². The zero-order valence-electron chi connectivity index (χ0n) is 45.7. The van der Waals surface area contributed by atoms with Gasteiger partial charge in [0.25, 0.3) is 0 Å². The molecule has 0 aromatic heterocycles. The first-order valence-corrected chi connectivity index (χ1v) is 37.6. The van der Waals surface area contributed by atoms with Gasteiger partial charge in [-0.05, 0) is 0 Å². The maximum absolute atomic E-state index is 2.36. The van der Waals surface area contributed by atoms with Crippen molar-refractivity contribution in [2.24, 2.45) is 0 Å². The zero-order chi connectivity index (χ0) is 51.0. The standard InChI is InChI=1S/2C12H10Si.4C11H15.2ClH.2Zr/c2*1-3-7-11(8-4-1)13-12-9-5-2-6-10-12;4*1-8-6-10-5-3-4-9(2)11(10)7-8;;;;/h2*1-10H;4*6-7,9H,3-5H2,1-2H3;2*1H;;/q;;4*-1;;;2*+2/p-2. The number of hydrogen-bond donors (Lipinski definition) is 0. The molecular weight excluding hydrogens is 1130 g/mol. The molecule has 4 atom stereocenters. The number of aryl methyl sites for hydroxylation is 8. The molecule has 6 heteroatoms. The molecule has 0 bridgehead atoms. The molecule has 8 aromatic carbocycles. The third kappa shape index (κ3) is 18.1. The SMILES string of the molecule is Cc1cc2c([cH-]1)CCCC2C.Cc1cc2c([cH-]1)CCCC2C.Cc1cc2c([cH-]1)CCCC2C.Cc1cc2c([cH-]1)CCCC2C.[Cl-].[Cl-].[Zr+2]=[Si](c1ccccc1)c1ccccc1.[Zr+2]=[Si](c1ccccc1)c1ccccc1. The topological polar surface area (TPSA) is 0 Å². The normalized spacial score (nSPS) is 17.6. The molecule has 4 aliphatic carbocycles. The van der Waals surface area contributed by atoms with Gasteiger partial charge >= 0.3 is 200 Å². The van der Waals surface area contributed by atoms with Crippen LogP contribution in [0.5, 0.6) is 0 Å². The van der Waals surface area contributed by atoms with Crippen molar-refractivity contribution in [3.8, 4) is 0 Å². The third-order valence-electron chi connectivity index (χ3n) is 15.3. The first-order valence-electron chi connectivity index (χ1n) is 27.3. The average molecular weight is 1210 g/mol. The third-order valence-corrected chi connectivity index (χ3v) is 27.5. The van der Waals surface area contributed by atoms with Crippen molar-refractivity contribution in [1.29, 1.82) is 0 Å². The van der Waals surface area contributed by atoms with Crippen molar-refractivity contribution in [1.82, 2.24) is 0 Å². The zero-order valence-corrected chi connectivity index (χ0v) is 54.1. The van der Waals surface area contributed by atoms with Gasteiger partial charge in [-0.2, -0.15) is 91.0 Å². The van der Waals surface area contributed by atoms with E-state index in [0.29, 0.717) is 0 Å². The van der Waals surface area contributed by atoms with E-state index in [9.17, 15) is 0 Å². The van der Waals surface area contributed by atoms with Crippen LogP contribution in [0.15, 0.2) is 170 Å². The number of hydrogen-bond acceptors (Lipinski definition) is 0. The Morgan fingerprint density at radius 2 is 0.527 bits per heavy atom. The first kappa shape index (κ1) is 61.9. The summed E-state index contributed by atoms with van der Waals surface area (Å²) in [5.41, 5.74) is 17.8. The van der Waals surface area contributed by atoms with Crippen molar-refractivity contribution >= 4 is 31.6 Å². The van der Waals surface area contributed by atoms with E-state index < -0.39 is 10.9 Å². The summed E-state index contributed by atoms with van der Waals surface area (Å²) in [5, 5.41) is 6.06. The van der Waals surface area contributed by atoms with Crippen LogP contribution in [0.3, 0.4) is 0 Å². The van der Waals surface area contributed by atoms with E-state index >= 15 is 0 Å². The second-order valence-corrected chi connectivity index (χ2v) is 32.6. The quantitative estimate of drug-likeness (QED) is 0.122. The monoisotopic (exact) mass is 1200 g/mol. The molecule has 384 valence electrons. The second-order valence-electron chi connectivity index (χ2n) is 21.4. The Morgan fingerprint density at radius 1 is 0.338 bits per heavy atom. The molecule has 8 aromatic rings. The van der Waals surface area contributed by atoms with Crippen LogP contribution in [0.1, 0.15) is 169 Å². The molecular formula is C68H80Cl2Si2Zr2-2. The molecule has 0 radical (unpaired) electrons. The Hall–Kier alpha value is -2.94. The van der Waals surface area contributed by atoms with Crippen molar-refractivity contribution in [3.63, 3.8) is 0 Å². The van der Waals surface area contributed by atoms with Crippen LogP contribution < -0.4 is 45.6 Å². The second kappa shape index (κ2) is 31.5.